The van der Waals surface area contributed by atoms with Crippen LogP contribution in [0.1, 0.15) is 23.5 Å². The molecule has 0 bridgehead atoms. The highest BCUT2D eigenvalue weighted by Gasteiger charge is 2.36. The molecule has 0 radical (unpaired) electrons. The third-order valence-electron chi connectivity index (χ3n) is 3.49. The lowest BCUT2D eigenvalue weighted by molar-refractivity contribution is 0.304. The Labute approximate surface area is 112 Å². The summed E-state index contributed by atoms with van der Waals surface area (Å²) in [5.41, 5.74) is 7.83. The van der Waals surface area contributed by atoms with Gasteiger partial charge < -0.3 is 15.6 Å². The average Bonchev–Trinajstić information content (AvgIpc) is 3.14. The fraction of sp³-hybridized carbons (Fsp3) is 0.250. The first-order valence-corrected chi connectivity index (χ1v) is 6.49. The highest BCUT2D eigenvalue weighted by atomic mass is 16.5. The molecule has 0 heterocycles. The van der Waals surface area contributed by atoms with Gasteiger partial charge in [-0.15, -0.1) is 0 Å². The molecule has 0 amide bonds. The first-order valence-electron chi connectivity index (χ1n) is 6.49. The van der Waals surface area contributed by atoms with E-state index < -0.39 is 0 Å². The molecular weight excluding hydrogens is 238 g/mol. The van der Waals surface area contributed by atoms with Gasteiger partial charge in [-0.05, 0) is 23.6 Å². The Bertz CT molecular complexity index is 568. The van der Waals surface area contributed by atoms with Crippen molar-refractivity contribution in [2.24, 2.45) is 5.73 Å². The topological polar surface area (TPSA) is 55.5 Å². The zero-order valence-electron chi connectivity index (χ0n) is 10.6. The fourth-order valence-corrected chi connectivity index (χ4v) is 2.24. The van der Waals surface area contributed by atoms with Crippen LogP contribution < -0.4 is 10.5 Å². The molecule has 3 heteroatoms. The van der Waals surface area contributed by atoms with Crippen molar-refractivity contribution in [1.82, 2.24) is 0 Å². The number of hydrogen-bond donors (Lipinski definition) is 2. The van der Waals surface area contributed by atoms with Gasteiger partial charge in [-0.3, -0.25) is 0 Å². The number of phenols is 1. The molecular formula is C16H17NO2. The lowest BCUT2D eigenvalue weighted by Gasteiger charge is -2.09. The van der Waals surface area contributed by atoms with E-state index in [2.05, 4.69) is 0 Å². The Hall–Kier alpha value is -2.00. The number of nitrogens with two attached hydrogens (primary N) is 1. The van der Waals surface area contributed by atoms with Gasteiger partial charge in [0, 0.05) is 18.0 Å². The van der Waals surface area contributed by atoms with E-state index in [1.165, 1.54) is 0 Å². The van der Waals surface area contributed by atoms with Crippen LogP contribution in [0, 0.1) is 0 Å². The normalized spacial score (nSPS) is 21.1. The van der Waals surface area contributed by atoms with Crippen LogP contribution in [0.15, 0.2) is 48.5 Å². The summed E-state index contributed by atoms with van der Waals surface area (Å²) in [5, 5.41) is 9.98. The molecule has 3 rings (SSSR count). The molecule has 0 spiro atoms. The molecule has 0 aliphatic heterocycles. The summed E-state index contributed by atoms with van der Waals surface area (Å²) in [5.74, 6) is 1.27. The second-order valence-corrected chi connectivity index (χ2v) is 5.00. The summed E-state index contributed by atoms with van der Waals surface area (Å²) < 4.78 is 5.66. The highest BCUT2D eigenvalue weighted by Crippen LogP contribution is 2.43. The van der Waals surface area contributed by atoms with Gasteiger partial charge in [0.05, 0.1) is 0 Å². The van der Waals surface area contributed by atoms with E-state index in [0.717, 1.165) is 17.5 Å². The van der Waals surface area contributed by atoms with Crippen LogP contribution in [-0.2, 0) is 6.61 Å². The molecule has 2 aromatic rings. The van der Waals surface area contributed by atoms with Crippen LogP contribution in [0.2, 0.25) is 0 Å². The molecule has 1 saturated carbocycles. The van der Waals surface area contributed by atoms with E-state index in [9.17, 15) is 5.11 Å². The van der Waals surface area contributed by atoms with Crippen LogP contribution in [0.5, 0.6) is 11.5 Å². The summed E-state index contributed by atoms with van der Waals surface area (Å²) >= 11 is 0. The summed E-state index contributed by atoms with van der Waals surface area (Å²) in [6.07, 6.45) is 0.956. The molecule has 0 saturated heterocycles. The molecule has 2 aromatic carbocycles. The maximum atomic E-state index is 9.98. The highest BCUT2D eigenvalue weighted by molar-refractivity contribution is 5.44. The molecule has 98 valence electrons. The van der Waals surface area contributed by atoms with Crippen molar-refractivity contribution >= 4 is 0 Å². The van der Waals surface area contributed by atoms with Crippen molar-refractivity contribution in [3.8, 4) is 11.5 Å². The van der Waals surface area contributed by atoms with Crippen molar-refractivity contribution in [3.63, 3.8) is 0 Å². The lowest BCUT2D eigenvalue weighted by atomic mass is 10.1. The SMILES string of the molecule is NC1CC1c1ccc(OCc2ccccc2)cc1O. The van der Waals surface area contributed by atoms with Gasteiger partial charge in [-0.25, -0.2) is 0 Å². The molecule has 1 aliphatic rings. The largest absolute Gasteiger partial charge is 0.508 e. The fourth-order valence-electron chi connectivity index (χ4n) is 2.24. The molecule has 2 unspecified atom stereocenters. The molecule has 2 atom stereocenters. The van der Waals surface area contributed by atoms with Gasteiger partial charge in [0.2, 0.25) is 0 Å². The zero-order chi connectivity index (χ0) is 13.2. The van der Waals surface area contributed by atoms with Crippen LogP contribution in [0.3, 0.4) is 0 Å². The number of ether oxygens (including phenoxy) is 1. The van der Waals surface area contributed by atoms with E-state index in [4.69, 9.17) is 10.5 Å². The van der Waals surface area contributed by atoms with Crippen LogP contribution in [0.25, 0.3) is 0 Å². The molecule has 1 aliphatic carbocycles. The number of aromatic hydroxyl groups is 1. The number of hydrogen-bond acceptors (Lipinski definition) is 3. The minimum atomic E-state index is 0.196. The van der Waals surface area contributed by atoms with Gasteiger partial charge >= 0.3 is 0 Å². The van der Waals surface area contributed by atoms with Crippen molar-refractivity contribution in [2.45, 2.75) is 25.0 Å². The maximum Gasteiger partial charge on any atom is 0.123 e. The average molecular weight is 255 g/mol. The van der Waals surface area contributed by atoms with Crippen molar-refractivity contribution in [2.75, 3.05) is 0 Å². The van der Waals surface area contributed by atoms with Gasteiger partial charge in [-0.1, -0.05) is 36.4 Å². The van der Waals surface area contributed by atoms with Gasteiger partial charge in [-0.2, -0.15) is 0 Å². The zero-order valence-corrected chi connectivity index (χ0v) is 10.6. The van der Waals surface area contributed by atoms with E-state index in [1.807, 2.05) is 42.5 Å². The second kappa shape index (κ2) is 4.94. The molecule has 3 nitrogen and oxygen atoms in total. The summed E-state index contributed by atoms with van der Waals surface area (Å²) in [7, 11) is 0. The third-order valence-corrected chi connectivity index (χ3v) is 3.49. The van der Waals surface area contributed by atoms with Crippen molar-refractivity contribution < 1.29 is 9.84 Å². The summed E-state index contributed by atoms with van der Waals surface area (Å²) in [6.45, 7) is 0.503. The minimum Gasteiger partial charge on any atom is -0.508 e. The molecule has 1 fully saturated rings. The second-order valence-electron chi connectivity index (χ2n) is 5.00. The maximum absolute atomic E-state index is 9.98. The monoisotopic (exact) mass is 255 g/mol. The minimum absolute atomic E-state index is 0.196. The van der Waals surface area contributed by atoms with Gasteiger partial charge in [0.25, 0.3) is 0 Å². The van der Waals surface area contributed by atoms with Crippen molar-refractivity contribution in [1.29, 1.82) is 0 Å². The van der Waals surface area contributed by atoms with Crippen LogP contribution in [0.4, 0.5) is 0 Å². The summed E-state index contributed by atoms with van der Waals surface area (Å²) in [6, 6.07) is 15.6. The first-order chi connectivity index (χ1) is 9.24. The standard InChI is InChI=1S/C16H17NO2/c17-15-9-14(15)13-7-6-12(8-16(13)18)19-10-11-4-2-1-3-5-11/h1-8,14-15,18H,9-10,17H2. The Kier molecular flexibility index (Phi) is 3.13. The molecule has 3 N–H and O–H groups in total. The number of benzene rings is 2. The smallest absolute Gasteiger partial charge is 0.123 e. The summed E-state index contributed by atoms with van der Waals surface area (Å²) in [4.78, 5) is 0. The Balaban J connectivity index is 1.67. The molecule has 19 heavy (non-hydrogen) atoms. The Morgan fingerprint density at radius 1 is 1.16 bits per heavy atom. The van der Waals surface area contributed by atoms with Crippen LogP contribution >= 0.6 is 0 Å². The van der Waals surface area contributed by atoms with Crippen LogP contribution in [-0.4, -0.2) is 11.1 Å². The van der Waals surface area contributed by atoms with E-state index in [-0.39, 0.29) is 11.8 Å². The van der Waals surface area contributed by atoms with E-state index in [1.54, 1.807) is 6.07 Å². The predicted molar refractivity (Wildman–Crippen MR) is 74.2 cm³/mol. The Morgan fingerprint density at radius 2 is 1.89 bits per heavy atom. The van der Waals surface area contributed by atoms with Gasteiger partial charge in [0.1, 0.15) is 18.1 Å². The predicted octanol–water partition coefficient (Wildman–Crippen LogP) is 2.79. The van der Waals surface area contributed by atoms with Gasteiger partial charge in [0.15, 0.2) is 0 Å². The quantitative estimate of drug-likeness (QED) is 0.883. The first kappa shape index (κ1) is 12.1. The van der Waals surface area contributed by atoms with E-state index >= 15 is 0 Å². The third kappa shape index (κ3) is 2.71. The number of rotatable bonds is 4. The number of phenolic OH excluding ortho intramolecular Hbond substituents is 1. The lowest BCUT2D eigenvalue weighted by Crippen LogP contribution is -2.01. The Morgan fingerprint density at radius 3 is 2.53 bits per heavy atom. The van der Waals surface area contributed by atoms with E-state index in [0.29, 0.717) is 18.3 Å². The molecule has 0 aromatic heterocycles. The van der Waals surface area contributed by atoms with Crippen molar-refractivity contribution in [3.05, 3.63) is 59.7 Å².